The van der Waals surface area contributed by atoms with Crippen LogP contribution in [0.25, 0.3) is 0 Å². The molecular weight excluding hydrogens is 278 g/mol. The van der Waals surface area contributed by atoms with E-state index in [1.807, 2.05) is 42.5 Å². The van der Waals surface area contributed by atoms with Gasteiger partial charge in [0.1, 0.15) is 0 Å². The van der Waals surface area contributed by atoms with Crippen LogP contribution in [0.1, 0.15) is 11.4 Å². The van der Waals surface area contributed by atoms with E-state index in [1.54, 1.807) is 0 Å². The molecule has 0 amide bonds. The summed E-state index contributed by atoms with van der Waals surface area (Å²) in [5.74, 6) is 0. The number of benzene rings is 1. The summed E-state index contributed by atoms with van der Waals surface area (Å²) >= 11 is 3.44. The lowest BCUT2D eigenvalue weighted by Gasteiger charge is -2.07. The molecular formula is C13H14BrN3. The molecule has 3 nitrogen and oxygen atoms in total. The molecule has 0 fully saturated rings. The molecule has 1 aromatic carbocycles. The van der Waals surface area contributed by atoms with E-state index in [-0.39, 0.29) is 0 Å². The summed E-state index contributed by atoms with van der Waals surface area (Å²) in [7, 11) is 0. The van der Waals surface area contributed by atoms with Gasteiger partial charge in [-0.15, -0.1) is 0 Å². The first kappa shape index (κ1) is 12.1. The number of nitrogens with zero attached hydrogens (tertiary/aromatic N) is 1. The van der Waals surface area contributed by atoms with Gasteiger partial charge >= 0.3 is 0 Å². The van der Waals surface area contributed by atoms with Gasteiger partial charge in [-0.3, -0.25) is 4.98 Å². The zero-order chi connectivity index (χ0) is 12.1. The monoisotopic (exact) mass is 291 g/mol. The molecule has 0 aliphatic rings. The zero-order valence-electron chi connectivity index (χ0n) is 9.36. The van der Waals surface area contributed by atoms with Gasteiger partial charge in [0.15, 0.2) is 0 Å². The minimum atomic E-state index is 0.477. The average molecular weight is 292 g/mol. The Morgan fingerprint density at radius 3 is 2.65 bits per heavy atom. The Labute approximate surface area is 109 Å². The lowest BCUT2D eigenvalue weighted by Crippen LogP contribution is -2.05. The molecule has 3 N–H and O–H groups in total. The minimum absolute atomic E-state index is 0.477. The van der Waals surface area contributed by atoms with Crippen molar-refractivity contribution in [2.75, 3.05) is 5.32 Å². The normalized spacial score (nSPS) is 10.2. The second-order valence-electron chi connectivity index (χ2n) is 3.69. The van der Waals surface area contributed by atoms with Gasteiger partial charge in [0, 0.05) is 16.7 Å². The van der Waals surface area contributed by atoms with Gasteiger partial charge in [0.25, 0.3) is 0 Å². The third-order valence-corrected chi connectivity index (χ3v) is 2.87. The van der Waals surface area contributed by atoms with Crippen LogP contribution >= 0.6 is 15.9 Å². The van der Waals surface area contributed by atoms with Crippen molar-refractivity contribution in [3.8, 4) is 0 Å². The number of nitrogens with one attached hydrogen (secondary N) is 1. The maximum absolute atomic E-state index is 5.56. The number of nitrogens with two attached hydrogens (primary N) is 1. The summed E-state index contributed by atoms with van der Waals surface area (Å²) in [6.45, 7) is 1.18. The average Bonchev–Trinajstić information content (AvgIpc) is 2.37. The summed E-state index contributed by atoms with van der Waals surface area (Å²) < 4.78 is 1.06. The molecule has 2 rings (SSSR count). The minimum Gasteiger partial charge on any atom is -0.379 e. The van der Waals surface area contributed by atoms with Crippen LogP contribution in [0.2, 0.25) is 0 Å². The second kappa shape index (κ2) is 5.80. The van der Waals surface area contributed by atoms with Gasteiger partial charge in [-0.05, 0) is 30.3 Å². The SMILES string of the molecule is NCc1cccc(CNc2cccc(Br)c2)n1. The van der Waals surface area contributed by atoms with E-state index in [4.69, 9.17) is 5.73 Å². The van der Waals surface area contributed by atoms with Gasteiger partial charge < -0.3 is 11.1 Å². The third-order valence-electron chi connectivity index (χ3n) is 2.37. The number of aromatic nitrogens is 1. The molecule has 0 radical (unpaired) electrons. The van der Waals surface area contributed by atoms with Crippen molar-refractivity contribution in [1.29, 1.82) is 0 Å². The number of pyridine rings is 1. The Morgan fingerprint density at radius 1 is 1.12 bits per heavy atom. The molecule has 0 spiro atoms. The van der Waals surface area contributed by atoms with Crippen molar-refractivity contribution < 1.29 is 0 Å². The lowest BCUT2D eigenvalue weighted by molar-refractivity contribution is 0.937. The summed E-state index contributed by atoms with van der Waals surface area (Å²) in [5.41, 5.74) is 8.53. The van der Waals surface area contributed by atoms with Crippen LogP contribution in [0.5, 0.6) is 0 Å². The smallest absolute Gasteiger partial charge is 0.0598 e. The summed E-state index contributed by atoms with van der Waals surface area (Å²) in [4.78, 5) is 4.43. The van der Waals surface area contributed by atoms with Crippen LogP contribution in [-0.2, 0) is 13.1 Å². The van der Waals surface area contributed by atoms with E-state index in [9.17, 15) is 0 Å². The van der Waals surface area contributed by atoms with Crippen LogP contribution in [0.4, 0.5) is 5.69 Å². The number of halogens is 1. The highest BCUT2D eigenvalue weighted by Gasteiger charge is 1.97. The van der Waals surface area contributed by atoms with E-state index in [2.05, 4.69) is 26.2 Å². The Balaban J connectivity index is 2.02. The molecule has 0 saturated heterocycles. The summed E-state index contributed by atoms with van der Waals surface area (Å²) in [6, 6.07) is 14.0. The molecule has 0 unspecified atom stereocenters. The van der Waals surface area contributed by atoms with Crippen LogP contribution in [0.3, 0.4) is 0 Å². The highest BCUT2D eigenvalue weighted by atomic mass is 79.9. The predicted molar refractivity (Wildman–Crippen MR) is 73.6 cm³/mol. The maximum atomic E-state index is 5.56. The Bertz CT molecular complexity index is 500. The van der Waals surface area contributed by atoms with E-state index >= 15 is 0 Å². The van der Waals surface area contributed by atoms with Crippen LogP contribution in [0.15, 0.2) is 46.9 Å². The van der Waals surface area contributed by atoms with E-state index < -0.39 is 0 Å². The fourth-order valence-corrected chi connectivity index (χ4v) is 1.93. The maximum Gasteiger partial charge on any atom is 0.0598 e. The zero-order valence-corrected chi connectivity index (χ0v) is 10.9. The Hall–Kier alpha value is -1.39. The molecule has 0 bridgehead atoms. The molecule has 0 saturated carbocycles. The van der Waals surface area contributed by atoms with Crippen molar-refractivity contribution in [2.45, 2.75) is 13.1 Å². The molecule has 0 atom stereocenters. The highest BCUT2D eigenvalue weighted by molar-refractivity contribution is 9.10. The lowest BCUT2D eigenvalue weighted by atomic mass is 10.3. The van der Waals surface area contributed by atoms with E-state index in [1.165, 1.54) is 0 Å². The molecule has 1 aromatic heterocycles. The van der Waals surface area contributed by atoms with Gasteiger partial charge in [-0.2, -0.15) is 0 Å². The summed E-state index contributed by atoms with van der Waals surface area (Å²) in [5, 5.41) is 3.32. The Morgan fingerprint density at radius 2 is 1.88 bits per heavy atom. The molecule has 88 valence electrons. The number of hydrogen-bond acceptors (Lipinski definition) is 3. The first-order valence-corrected chi connectivity index (χ1v) is 6.21. The fourth-order valence-electron chi connectivity index (χ4n) is 1.53. The van der Waals surface area contributed by atoms with Crippen LogP contribution in [-0.4, -0.2) is 4.98 Å². The van der Waals surface area contributed by atoms with Crippen molar-refractivity contribution in [3.63, 3.8) is 0 Å². The highest BCUT2D eigenvalue weighted by Crippen LogP contribution is 2.16. The Kier molecular flexibility index (Phi) is 4.12. The number of rotatable bonds is 4. The molecule has 1 heterocycles. The van der Waals surface area contributed by atoms with Gasteiger partial charge in [0.2, 0.25) is 0 Å². The van der Waals surface area contributed by atoms with Crippen LogP contribution < -0.4 is 11.1 Å². The molecule has 0 aliphatic heterocycles. The van der Waals surface area contributed by atoms with Crippen molar-refractivity contribution in [1.82, 2.24) is 4.98 Å². The molecule has 2 aromatic rings. The summed E-state index contributed by atoms with van der Waals surface area (Å²) in [6.07, 6.45) is 0. The van der Waals surface area contributed by atoms with E-state index in [0.717, 1.165) is 21.5 Å². The fraction of sp³-hybridized carbons (Fsp3) is 0.154. The third kappa shape index (κ3) is 3.54. The van der Waals surface area contributed by atoms with Crippen molar-refractivity contribution in [2.24, 2.45) is 5.73 Å². The van der Waals surface area contributed by atoms with E-state index in [0.29, 0.717) is 13.1 Å². The molecule has 0 aliphatic carbocycles. The van der Waals surface area contributed by atoms with Gasteiger partial charge in [-0.25, -0.2) is 0 Å². The van der Waals surface area contributed by atoms with Crippen molar-refractivity contribution in [3.05, 3.63) is 58.3 Å². The van der Waals surface area contributed by atoms with Crippen LogP contribution in [0, 0.1) is 0 Å². The number of anilines is 1. The standard InChI is InChI=1S/C13H14BrN3/c14-10-3-1-4-11(7-10)16-9-13-6-2-5-12(8-15)17-13/h1-7,16H,8-9,15H2. The first-order chi connectivity index (χ1) is 8.28. The first-order valence-electron chi connectivity index (χ1n) is 5.42. The van der Waals surface area contributed by atoms with Gasteiger partial charge in [-0.1, -0.05) is 28.1 Å². The van der Waals surface area contributed by atoms with Crippen molar-refractivity contribution >= 4 is 21.6 Å². The number of hydrogen-bond donors (Lipinski definition) is 2. The topological polar surface area (TPSA) is 50.9 Å². The largest absolute Gasteiger partial charge is 0.379 e. The predicted octanol–water partition coefficient (Wildman–Crippen LogP) is 2.91. The molecule has 17 heavy (non-hydrogen) atoms. The quantitative estimate of drug-likeness (QED) is 0.911. The molecule has 4 heteroatoms. The second-order valence-corrected chi connectivity index (χ2v) is 4.60. The van der Waals surface area contributed by atoms with Gasteiger partial charge in [0.05, 0.1) is 17.9 Å².